The highest BCUT2D eigenvalue weighted by atomic mass is 16.6. The van der Waals surface area contributed by atoms with Gasteiger partial charge in [-0.05, 0) is 95.3 Å². The van der Waals surface area contributed by atoms with Crippen LogP contribution in [0.25, 0.3) is 0 Å². The van der Waals surface area contributed by atoms with E-state index in [1.165, 1.54) is 0 Å². The Morgan fingerprint density at radius 2 is 1.78 bits per heavy atom. The standard InChI is InChI=1S/C30H50O7/c1-7-30(5,6)29(34)37-25-14-18(3)13-24-20(9-12-26(32)35-8-2)15-19(4)23(28(24)25)11-10-22-16-21(31)17-27(33)36-22/h18-25,28,31H,7-17H2,1-6H3/t18-,19-,20?,21+,22+,23-,24?,25-,28+/m0/s1. The summed E-state index contributed by atoms with van der Waals surface area (Å²) >= 11 is 0. The van der Waals surface area contributed by atoms with Crippen LogP contribution in [-0.2, 0) is 28.6 Å². The molecular formula is C30H50O7. The second-order valence-electron chi connectivity index (χ2n) is 12.8. The monoisotopic (exact) mass is 522 g/mol. The highest BCUT2D eigenvalue weighted by molar-refractivity contribution is 5.76. The van der Waals surface area contributed by atoms with E-state index >= 15 is 0 Å². The molecule has 0 aromatic carbocycles. The van der Waals surface area contributed by atoms with Crippen molar-refractivity contribution in [2.75, 3.05) is 6.61 Å². The van der Waals surface area contributed by atoms with Crippen molar-refractivity contribution in [3.8, 4) is 0 Å². The van der Waals surface area contributed by atoms with Gasteiger partial charge in [0.15, 0.2) is 0 Å². The Kier molecular flexibility index (Phi) is 10.5. The van der Waals surface area contributed by atoms with Gasteiger partial charge in [0.1, 0.15) is 12.2 Å². The van der Waals surface area contributed by atoms with Gasteiger partial charge < -0.3 is 19.3 Å². The van der Waals surface area contributed by atoms with Gasteiger partial charge in [-0.15, -0.1) is 0 Å². The van der Waals surface area contributed by atoms with Crippen LogP contribution in [0, 0.1) is 40.9 Å². The second kappa shape index (κ2) is 12.9. The summed E-state index contributed by atoms with van der Waals surface area (Å²) in [7, 11) is 0. The van der Waals surface area contributed by atoms with E-state index in [4.69, 9.17) is 14.2 Å². The Hall–Kier alpha value is -1.63. The zero-order chi connectivity index (χ0) is 27.3. The molecule has 0 aromatic rings. The topological polar surface area (TPSA) is 99.1 Å². The van der Waals surface area contributed by atoms with Gasteiger partial charge in [0.2, 0.25) is 0 Å². The molecule has 1 saturated heterocycles. The van der Waals surface area contributed by atoms with Gasteiger partial charge in [-0.25, -0.2) is 0 Å². The van der Waals surface area contributed by atoms with E-state index in [0.717, 1.165) is 38.5 Å². The Morgan fingerprint density at radius 1 is 1.05 bits per heavy atom. The molecule has 9 atom stereocenters. The lowest BCUT2D eigenvalue weighted by Crippen LogP contribution is -2.51. The van der Waals surface area contributed by atoms with Crippen LogP contribution < -0.4 is 0 Å². The third-order valence-corrected chi connectivity index (χ3v) is 9.52. The molecule has 1 heterocycles. The highest BCUT2D eigenvalue weighted by Crippen LogP contribution is 2.54. The van der Waals surface area contributed by atoms with E-state index in [1.807, 2.05) is 27.7 Å². The molecule has 2 aliphatic carbocycles. The first-order valence-electron chi connectivity index (χ1n) is 14.7. The largest absolute Gasteiger partial charge is 0.466 e. The predicted molar refractivity (Wildman–Crippen MR) is 140 cm³/mol. The Bertz CT molecular complexity index is 793. The lowest BCUT2D eigenvalue weighted by atomic mass is 9.54. The van der Waals surface area contributed by atoms with E-state index in [-0.39, 0.29) is 42.5 Å². The number of hydrogen-bond donors (Lipinski definition) is 1. The van der Waals surface area contributed by atoms with E-state index in [2.05, 4.69) is 13.8 Å². The van der Waals surface area contributed by atoms with Crippen molar-refractivity contribution in [2.24, 2.45) is 40.9 Å². The van der Waals surface area contributed by atoms with Crippen molar-refractivity contribution in [1.82, 2.24) is 0 Å². The Labute approximate surface area is 223 Å². The second-order valence-corrected chi connectivity index (χ2v) is 12.8. The molecule has 0 bridgehead atoms. The number of aliphatic hydroxyl groups is 1. The number of carbonyl (C=O) groups is 3. The summed E-state index contributed by atoms with van der Waals surface area (Å²) in [6, 6.07) is 0. The molecule has 0 radical (unpaired) electrons. The zero-order valence-corrected chi connectivity index (χ0v) is 23.9. The van der Waals surface area contributed by atoms with Crippen molar-refractivity contribution in [3.63, 3.8) is 0 Å². The maximum absolute atomic E-state index is 13.2. The lowest BCUT2D eigenvalue weighted by Gasteiger charge is -2.53. The minimum absolute atomic E-state index is 0.0757. The predicted octanol–water partition coefficient (Wildman–Crippen LogP) is 5.46. The molecule has 1 aliphatic heterocycles. The first-order chi connectivity index (χ1) is 17.4. The van der Waals surface area contributed by atoms with Crippen LogP contribution in [0.4, 0.5) is 0 Å². The number of esters is 3. The van der Waals surface area contributed by atoms with E-state index in [0.29, 0.717) is 55.5 Å². The van der Waals surface area contributed by atoms with E-state index in [1.54, 1.807) is 0 Å². The first kappa shape index (κ1) is 29.9. The summed E-state index contributed by atoms with van der Waals surface area (Å²) in [5, 5.41) is 10.1. The van der Waals surface area contributed by atoms with Crippen LogP contribution in [0.15, 0.2) is 0 Å². The molecular weight excluding hydrogens is 472 g/mol. The quantitative estimate of drug-likeness (QED) is 0.300. The fourth-order valence-electron chi connectivity index (χ4n) is 7.18. The van der Waals surface area contributed by atoms with Crippen LogP contribution in [0.2, 0.25) is 0 Å². The van der Waals surface area contributed by atoms with Crippen LogP contribution >= 0.6 is 0 Å². The molecule has 1 N–H and O–H groups in total. The number of hydrogen-bond acceptors (Lipinski definition) is 7. The molecule has 3 fully saturated rings. The van der Waals surface area contributed by atoms with Gasteiger partial charge in [-0.2, -0.15) is 0 Å². The molecule has 0 aromatic heterocycles. The molecule has 0 spiro atoms. The molecule has 3 aliphatic rings. The van der Waals surface area contributed by atoms with Crippen molar-refractivity contribution >= 4 is 17.9 Å². The average Bonchev–Trinajstić information content (AvgIpc) is 2.81. The fourth-order valence-corrected chi connectivity index (χ4v) is 7.18. The molecule has 0 amide bonds. The summed E-state index contributed by atoms with van der Waals surface area (Å²) < 4.78 is 17.1. The maximum atomic E-state index is 13.2. The smallest absolute Gasteiger partial charge is 0.311 e. The van der Waals surface area contributed by atoms with Gasteiger partial charge >= 0.3 is 17.9 Å². The summed E-state index contributed by atoms with van der Waals surface area (Å²) in [5.74, 6) is 1.56. The van der Waals surface area contributed by atoms with Gasteiger partial charge in [0.05, 0.1) is 24.5 Å². The number of aliphatic hydroxyl groups excluding tert-OH is 1. The Morgan fingerprint density at radius 3 is 2.43 bits per heavy atom. The third-order valence-electron chi connectivity index (χ3n) is 9.52. The van der Waals surface area contributed by atoms with Crippen molar-refractivity contribution in [2.45, 2.75) is 124 Å². The van der Waals surface area contributed by atoms with Gasteiger partial charge in [0.25, 0.3) is 0 Å². The highest BCUT2D eigenvalue weighted by Gasteiger charge is 2.51. The lowest BCUT2D eigenvalue weighted by molar-refractivity contribution is -0.177. The molecule has 7 nitrogen and oxygen atoms in total. The number of fused-ring (bicyclic) bond motifs is 1. The molecule has 7 heteroatoms. The van der Waals surface area contributed by atoms with Crippen LogP contribution in [0.5, 0.6) is 0 Å². The first-order valence-corrected chi connectivity index (χ1v) is 14.7. The minimum atomic E-state index is -0.629. The maximum Gasteiger partial charge on any atom is 0.311 e. The summed E-state index contributed by atoms with van der Waals surface area (Å²) in [5.41, 5.74) is -0.526. The van der Waals surface area contributed by atoms with Gasteiger partial charge in [-0.1, -0.05) is 20.8 Å². The summed E-state index contributed by atoms with van der Waals surface area (Å²) in [6.07, 6.45) is 6.03. The van der Waals surface area contributed by atoms with Crippen molar-refractivity contribution in [3.05, 3.63) is 0 Å². The van der Waals surface area contributed by atoms with Gasteiger partial charge in [-0.3, -0.25) is 14.4 Å². The van der Waals surface area contributed by atoms with Gasteiger partial charge in [0, 0.05) is 18.8 Å². The summed E-state index contributed by atoms with van der Waals surface area (Å²) in [6.45, 7) is 12.7. The zero-order valence-electron chi connectivity index (χ0n) is 23.9. The van der Waals surface area contributed by atoms with Crippen LogP contribution in [-0.4, -0.2) is 47.9 Å². The number of carbonyl (C=O) groups excluding carboxylic acids is 3. The molecule has 212 valence electrons. The number of cyclic esters (lactones) is 1. The molecule has 2 saturated carbocycles. The normalized spacial score (nSPS) is 36.3. The molecule has 37 heavy (non-hydrogen) atoms. The van der Waals surface area contributed by atoms with E-state index < -0.39 is 11.5 Å². The average molecular weight is 523 g/mol. The minimum Gasteiger partial charge on any atom is -0.466 e. The van der Waals surface area contributed by atoms with Crippen molar-refractivity contribution in [1.29, 1.82) is 0 Å². The number of rotatable bonds is 10. The third kappa shape index (κ3) is 7.70. The SMILES string of the molecule is CCOC(=O)CCC1C[C@H](C)[C@H](CC[C@@H]2C[C@@H](O)CC(=O)O2)[C@@H]2C1C[C@H](C)C[C@@H]2OC(=O)C(C)(C)CC. The molecule has 2 unspecified atom stereocenters. The molecule has 3 rings (SSSR count). The van der Waals surface area contributed by atoms with E-state index in [9.17, 15) is 19.5 Å². The van der Waals surface area contributed by atoms with Crippen LogP contribution in [0.3, 0.4) is 0 Å². The number of ether oxygens (including phenoxy) is 3. The summed E-state index contributed by atoms with van der Waals surface area (Å²) in [4.78, 5) is 37.3. The van der Waals surface area contributed by atoms with Crippen molar-refractivity contribution < 1.29 is 33.7 Å². The Balaban J connectivity index is 1.82. The van der Waals surface area contributed by atoms with Crippen LogP contribution in [0.1, 0.15) is 106 Å². The fraction of sp³-hybridized carbons (Fsp3) is 0.900.